The molecule has 1 rings (SSSR count). The predicted molar refractivity (Wildman–Crippen MR) is 58.5 cm³/mol. The van der Waals surface area contributed by atoms with E-state index in [0.717, 1.165) is 5.00 Å². The third-order valence-corrected chi connectivity index (χ3v) is 2.60. The number of rotatable bonds is 4. The van der Waals surface area contributed by atoms with Crippen LogP contribution >= 0.6 is 11.3 Å². The second kappa shape index (κ2) is 4.81. The monoisotopic (exact) mass is 211 g/mol. The average molecular weight is 211 g/mol. The molecule has 1 aromatic heterocycles. The minimum absolute atomic E-state index is 0.0454. The van der Waals surface area contributed by atoms with Crippen molar-refractivity contribution < 1.29 is 9.53 Å². The molecule has 0 atom stereocenters. The van der Waals surface area contributed by atoms with Crippen molar-refractivity contribution in [2.75, 3.05) is 18.6 Å². The molecule has 0 saturated heterocycles. The summed E-state index contributed by atoms with van der Waals surface area (Å²) in [4.78, 5) is 13.1. The highest BCUT2D eigenvalue weighted by Gasteiger charge is 2.11. The van der Waals surface area contributed by atoms with Crippen LogP contribution < -0.4 is 4.90 Å². The van der Waals surface area contributed by atoms with Gasteiger partial charge in [-0.1, -0.05) is 6.58 Å². The van der Waals surface area contributed by atoms with E-state index in [1.54, 1.807) is 18.9 Å². The first-order valence-electron chi connectivity index (χ1n) is 4.19. The second-order valence-electron chi connectivity index (χ2n) is 2.89. The Hall–Kier alpha value is -1.29. The third-order valence-electron chi connectivity index (χ3n) is 1.65. The summed E-state index contributed by atoms with van der Waals surface area (Å²) in [7, 11) is 1.73. The Kier molecular flexibility index (Phi) is 3.71. The number of carbonyl (C=O) groups is 1. The van der Waals surface area contributed by atoms with Crippen molar-refractivity contribution in [3.05, 3.63) is 29.9 Å². The molecule has 14 heavy (non-hydrogen) atoms. The van der Waals surface area contributed by atoms with Gasteiger partial charge in [0.1, 0.15) is 0 Å². The van der Waals surface area contributed by atoms with Gasteiger partial charge in [0.2, 0.25) is 0 Å². The van der Waals surface area contributed by atoms with Gasteiger partial charge in [-0.3, -0.25) is 4.79 Å². The molecule has 0 bridgehead atoms. The first kappa shape index (κ1) is 10.8. The number of hydrogen-bond acceptors (Lipinski definition) is 3. The molecule has 0 radical (unpaired) electrons. The van der Waals surface area contributed by atoms with E-state index in [1.807, 2.05) is 17.5 Å². The summed E-state index contributed by atoms with van der Waals surface area (Å²) in [6.07, 6.45) is 0. The first-order valence-corrected chi connectivity index (χ1v) is 5.07. The van der Waals surface area contributed by atoms with Crippen molar-refractivity contribution in [1.82, 2.24) is 0 Å². The van der Waals surface area contributed by atoms with Gasteiger partial charge in [0.15, 0.2) is 6.61 Å². The van der Waals surface area contributed by atoms with Crippen LogP contribution in [0.3, 0.4) is 0 Å². The maximum absolute atomic E-state index is 11.5. The van der Waals surface area contributed by atoms with Crippen molar-refractivity contribution in [2.45, 2.75) is 6.92 Å². The molecular formula is C10H13NO2S. The molecule has 1 amide bonds. The van der Waals surface area contributed by atoms with E-state index in [4.69, 9.17) is 4.74 Å². The van der Waals surface area contributed by atoms with Crippen molar-refractivity contribution in [1.29, 1.82) is 0 Å². The summed E-state index contributed by atoms with van der Waals surface area (Å²) >= 11 is 1.52. The lowest BCUT2D eigenvalue weighted by molar-refractivity contribution is -0.121. The van der Waals surface area contributed by atoms with Crippen LogP contribution in [-0.4, -0.2) is 19.6 Å². The Bertz CT molecular complexity index is 319. The lowest BCUT2D eigenvalue weighted by Gasteiger charge is -2.15. The lowest BCUT2D eigenvalue weighted by atomic mass is 10.5. The summed E-state index contributed by atoms with van der Waals surface area (Å²) in [5.41, 5.74) is 0. The highest BCUT2D eigenvalue weighted by molar-refractivity contribution is 7.14. The zero-order valence-corrected chi connectivity index (χ0v) is 9.13. The summed E-state index contributed by atoms with van der Waals surface area (Å²) in [6.45, 7) is 5.32. The highest BCUT2D eigenvalue weighted by Crippen LogP contribution is 2.19. The Balaban J connectivity index is 2.49. The number of allylic oxidation sites excluding steroid dienone is 1. The summed E-state index contributed by atoms with van der Waals surface area (Å²) < 4.78 is 5.04. The van der Waals surface area contributed by atoms with E-state index in [1.165, 1.54) is 11.3 Å². The van der Waals surface area contributed by atoms with Gasteiger partial charge in [0.25, 0.3) is 5.91 Å². The van der Waals surface area contributed by atoms with Crippen LogP contribution in [0.15, 0.2) is 29.9 Å². The fourth-order valence-corrected chi connectivity index (χ4v) is 1.58. The number of nitrogens with zero attached hydrogens (tertiary/aromatic N) is 1. The van der Waals surface area contributed by atoms with E-state index in [-0.39, 0.29) is 12.5 Å². The van der Waals surface area contributed by atoms with E-state index in [0.29, 0.717) is 5.76 Å². The van der Waals surface area contributed by atoms with Crippen LogP contribution in [0.4, 0.5) is 5.00 Å². The Labute approximate surface area is 87.6 Å². The molecule has 76 valence electrons. The summed E-state index contributed by atoms with van der Waals surface area (Å²) in [5, 5.41) is 2.85. The van der Waals surface area contributed by atoms with Crippen molar-refractivity contribution in [3.8, 4) is 0 Å². The van der Waals surface area contributed by atoms with Crippen LogP contribution in [0, 0.1) is 0 Å². The van der Waals surface area contributed by atoms with Crippen LogP contribution in [0.25, 0.3) is 0 Å². The lowest BCUT2D eigenvalue weighted by Crippen LogP contribution is -2.29. The van der Waals surface area contributed by atoms with Gasteiger partial charge >= 0.3 is 0 Å². The Morgan fingerprint density at radius 2 is 2.43 bits per heavy atom. The van der Waals surface area contributed by atoms with E-state index in [2.05, 4.69) is 6.58 Å². The molecule has 0 fully saturated rings. The molecule has 0 aliphatic heterocycles. The molecule has 1 heterocycles. The highest BCUT2D eigenvalue weighted by atomic mass is 32.1. The molecule has 0 aromatic carbocycles. The fourth-order valence-electron chi connectivity index (χ4n) is 0.865. The van der Waals surface area contributed by atoms with Crippen LogP contribution in [-0.2, 0) is 9.53 Å². The fraction of sp³-hybridized carbons (Fsp3) is 0.300. The summed E-state index contributed by atoms with van der Waals surface area (Å²) in [6, 6.07) is 3.80. The van der Waals surface area contributed by atoms with Crippen LogP contribution in [0.2, 0.25) is 0 Å². The van der Waals surface area contributed by atoms with Gasteiger partial charge in [-0.05, 0) is 24.4 Å². The van der Waals surface area contributed by atoms with E-state index in [9.17, 15) is 4.79 Å². The number of thiophene rings is 1. The van der Waals surface area contributed by atoms with Crippen molar-refractivity contribution in [3.63, 3.8) is 0 Å². The number of amides is 1. The maximum atomic E-state index is 11.5. The minimum Gasteiger partial charge on any atom is -0.489 e. The molecule has 3 nitrogen and oxygen atoms in total. The molecule has 0 saturated carbocycles. The van der Waals surface area contributed by atoms with Gasteiger partial charge in [-0.25, -0.2) is 0 Å². The van der Waals surface area contributed by atoms with Crippen LogP contribution in [0.5, 0.6) is 0 Å². The predicted octanol–water partition coefficient (Wildman–Crippen LogP) is 2.26. The number of likely N-dealkylation sites (N-methyl/N-ethyl adjacent to an activating group) is 1. The van der Waals surface area contributed by atoms with Gasteiger partial charge in [-0.2, -0.15) is 0 Å². The molecule has 4 heteroatoms. The second-order valence-corrected chi connectivity index (χ2v) is 3.82. The Morgan fingerprint density at radius 1 is 1.71 bits per heavy atom. The number of hydrogen-bond donors (Lipinski definition) is 0. The molecule has 1 aromatic rings. The normalized spacial score (nSPS) is 9.57. The number of carbonyl (C=O) groups excluding carboxylic acids is 1. The van der Waals surface area contributed by atoms with E-state index >= 15 is 0 Å². The average Bonchev–Trinajstić information content (AvgIpc) is 2.65. The third kappa shape index (κ3) is 2.88. The zero-order chi connectivity index (χ0) is 10.6. The summed E-state index contributed by atoms with van der Waals surface area (Å²) in [5.74, 6) is 0.480. The maximum Gasteiger partial charge on any atom is 0.265 e. The van der Waals surface area contributed by atoms with Gasteiger partial charge < -0.3 is 9.64 Å². The Morgan fingerprint density at radius 3 is 2.93 bits per heavy atom. The van der Waals surface area contributed by atoms with Gasteiger partial charge in [0.05, 0.1) is 10.8 Å². The smallest absolute Gasteiger partial charge is 0.265 e. The molecular weight excluding hydrogens is 198 g/mol. The standard InChI is InChI=1S/C10H13NO2S/c1-8(2)13-7-9(12)11(3)10-5-4-6-14-10/h4-6H,1,7H2,2-3H3. The largest absolute Gasteiger partial charge is 0.489 e. The quantitative estimate of drug-likeness (QED) is 0.715. The van der Waals surface area contributed by atoms with Gasteiger partial charge in [0, 0.05) is 7.05 Å². The molecule has 0 aliphatic carbocycles. The zero-order valence-electron chi connectivity index (χ0n) is 8.32. The topological polar surface area (TPSA) is 29.5 Å². The van der Waals surface area contributed by atoms with Crippen molar-refractivity contribution >= 4 is 22.2 Å². The van der Waals surface area contributed by atoms with Gasteiger partial charge in [-0.15, -0.1) is 11.3 Å². The number of anilines is 1. The SMILES string of the molecule is C=C(C)OCC(=O)N(C)c1cccs1. The number of ether oxygens (including phenoxy) is 1. The van der Waals surface area contributed by atoms with Crippen LogP contribution in [0.1, 0.15) is 6.92 Å². The molecule has 0 aliphatic rings. The van der Waals surface area contributed by atoms with Crippen molar-refractivity contribution in [2.24, 2.45) is 0 Å². The van der Waals surface area contributed by atoms with E-state index < -0.39 is 0 Å². The first-order chi connectivity index (χ1) is 6.61. The molecule has 0 spiro atoms. The molecule has 0 unspecified atom stereocenters. The molecule has 0 N–H and O–H groups in total. The minimum atomic E-state index is -0.0737.